The van der Waals surface area contributed by atoms with Gasteiger partial charge in [-0.2, -0.15) is 0 Å². The predicted octanol–water partition coefficient (Wildman–Crippen LogP) is 2.83. The molecule has 2 amide bonds. The minimum atomic E-state index is -0.0236. The lowest BCUT2D eigenvalue weighted by Crippen LogP contribution is -2.38. The highest BCUT2D eigenvalue weighted by Crippen LogP contribution is 2.29. The Morgan fingerprint density at radius 1 is 1.50 bits per heavy atom. The molecule has 26 heavy (non-hydrogen) atoms. The Kier molecular flexibility index (Phi) is 6.22. The number of likely N-dealkylation sites (tertiary alicyclic amines) is 1. The zero-order valence-corrected chi connectivity index (χ0v) is 15.6. The molecule has 0 saturated carbocycles. The smallest absolute Gasteiger partial charge is 0.246 e. The van der Waals surface area contributed by atoms with E-state index in [0.717, 1.165) is 36.5 Å². The van der Waals surface area contributed by atoms with E-state index in [4.69, 9.17) is 9.40 Å². The van der Waals surface area contributed by atoms with Crippen molar-refractivity contribution in [1.29, 1.82) is 0 Å². The third-order valence-corrected chi connectivity index (χ3v) is 5.40. The molecule has 0 aromatic carbocycles. The number of piperidine rings is 1. The van der Waals surface area contributed by atoms with Gasteiger partial charge in [0.25, 0.3) is 0 Å². The topological polar surface area (TPSA) is 75.4 Å². The number of nitrogens with zero attached hydrogens (tertiary/aromatic N) is 2. The quantitative estimate of drug-likeness (QED) is 0.790. The number of aromatic nitrogens is 1. The van der Waals surface area contributed by atoms with Crippen molar-refractivity contribution >= 4 is 29.2 Å². The fraction of sp³-hybridized carbons (Fsp3) is 0.421. The molecule has 0 bridgehead atoms. The first kappa shape index (κ1) is 18.4. The summed E-state index contributed by atoms with van der Waals surface area (Å²) in [5, 5.41) is 5.92. The van der Waals surface area contributed by atoms with E-state index in [1.807, 2.05) is 11.0 Å². The fourth-order valence-corrected chi connectivity index (χ4v) is 4.00. The van der Waals surface area contributed by atoms with Gasteiger partial charge in [-0.05, 0) is 31.1 Å². The van der Waals surface area contributed by atoms with Crippen molar-refractivity contribution in [3.63, 3.8) is 0 Å². The first-order chi connectivity index (χ1) is 12.6. The maximum atomic E-state index is 12.4. The number of furan rings is 1. The van der Waals surface area contributed by atoms with Crippen molar-refractivity contribution in [3.8, 4) is 0 Å². The van der Waals surface area contributed by atoms with Crippen LogP contribution in [0.25, 0.3) is 6.08 Å². The largest absolute Gasteiger partial charge is 0.465 e. The van der Waals surface area contributed by atoms with E-state index in [1.165, 1.54) is 6.92 Å². The molecule has 0 spiro atoms. The van der Waals surface area contributed by atoms with Crippen molar-refractivity contribution in [2.45, 2.75) is 32.1 Å². The Bertz CT molecular complexity index is 767. The molecular formula is C19H23N3O3S. The molecular weight excluding hydrogens is 350 g/mol. The van der Waals surface area contributed by atoms with Crippen LogP contribution in [0, 0.1) is 0 Å². The standard InChI is InChI=1S/C19H23N3O3S/c1-14(23)20-9-8-16-13-26-19(21-16)15-4-2-10-22(12-15)18(24)7-6-17-5-3-11-25-17/h3,5-7,11,13,15H,2,4,8-10,12H2,1H3,(H,20,23)/b7-6+/t15-/m1/s1. The number of amides is 2. The molecule has 7 heteroatoms. The van der Waals surface area contributed by atoms with Gasteiger partial charge >= 0.3 is 0 Å². The third kappa shape index (κ3) is 5.05. The van der Waals surface area contributed by atoms with Crippen LogP contribution in [0.1, 0.15) is 42.1 Å². The van der Waals surface area contributed by atoms with Crippen molar-refractivity contribution in [2.24, 2.45) is 0 Å². The summed E-state index contributed by atoms with van der Waals surface area (Å²) in [7, 11) is 0. The average molecular weight is 373 g/mol. The number of carbonyl (C=O) groups excluding carboxylic acids is 2. The molecule has 0 unspecified atom stereocenters. The number of hydrogen-bond donors (Lipinski definition) is 1. The second-order valence-electron chi connectivity index (χ2n) is 6.38. The molecule has 1 fully saturated rings. The van der Waals surface area contributed by atoms with Gasteiger partial charge in [0, 0.05) is 50.4 Å². The van der Waals surface area contributed by atoms with Crippen LogP contribution in [0.15, 0.2) is 34.3 Å². The van der Waals surface area contributed by atoms with Crippen LogP contribution in [0.2, 0.25) is 0 Å². The van der Waals surface area contributed by atoms with Crippen LogP contribution in [0.3, 0.4) is 0 Å². The molecule has 2 aromatic rings. The minimum Gasteiger partial charge on any atom is -0.465 e. The van der Waals surface area contributed by atoms with E-state index in [0.29, 0.717) is 18.8 Å². The SMILES string of the molecule is CC(=O)NCCc1csc([C@@H]2CCCN(C(=O)/C=C/c3ccco3)C2)n1. The van der Waals surface area contributed by atoms with Crippen molar-refractivity contribution < 1.29 is 14.0 Å². The fourth-order valence-electron chi connectivity index (χ4n) is 3.02. The van der Waals surface area contributed by atoms with Gasteiger partial charge in [-0.25, -0.2) is 4.98 Å². The monoisotopic (exact) mass is 373 g/mol. The molecule has 0 aliphatic carbocycles. The number of thiazole rings is 1. The van der Waals surface area contributed by atoms with Crippen molar-refractivity contribution in [1.82, 2.24) is 15.2 Å². The van der Waals surface area contributed by atoms with Gasteiger partial charge < -0.3 is 14.6 Å². The summed E-state index contributed by atoms with van der Waals surface area (Å²) < 4.78 is 5.22. The van der Waals surface area contributed by atoms with Gasteiger partial charge in [0.15, 0.2) is 0 Å². The summed E-state index contributed by atoms with van der Waals surface area (Å²) in [5.74, 6) is 0.943. The maximum absolute atomic E-state index is 12.4. The number of nitrogens with one attached hydrogen (secondary N) is 1. The second kappa shape index (κ2) is 8.80. The Labute approximate surface area is 156 Å². The number of rotatable bonds is 6. The van der Waals surface area contributed by atoms with Gasteiger partial charge in [-0.3, -0.25) is 9.59 Å². The van der Waals surface area contributed by atoms with Crippen molar-refractivity contribution in [2.75, 3.05) is 19.6 Å². The summed E-state index contributed by atoms with van der Waals surface area (Å²) in [5.41, 5.74) is 1.000. The summed E-state index contributed by atoms with van der Waals surface area (Å²) in [6, 6.07) is 3.62. The summed E-state index contributed by atoms with van der Waals surface area (Å²) in [6.45, 7) is 3.59. The molecule has 3 heterocycles. The summed E-state index contributed by atoms with van der Waals surface area (Å²) >= 11 is 1.65. The van der Waals surface area contributed by atoms with Crippen LogP contribution < -0.4 is 5.32 Å². The molecule has 6 nitrogen and oxygen atoms in total. The van der Waals surface area contributed by atoms with Crippen LogP contribution in [-0.4, -0.2) is 41.3 Å². The van der Waals surface area contributed by atoms with Crippen LogP contribution in [-0.2, 0) is 16.0 Å². The lowest BCUT2D eigenvalue weighted by atomic mass is 9.98. The number of hydrogen-bond acceptors (Lipinski definition) is 5. The highest BCUT2D eigenvalue weighted by molar-refractivity contribution is 7.09. The lowest BCUT2D eigenvalue weighted by molar-refractivity contribution is -0.127. The van der Waals surface area contributed by atoms with E-state index in [1.54, 1.807) is 35.8 Å². The van der Waals surface area contributed by atoms with E-state index in [-0.39, 0.29) is 17.7 Å². The van der Waals surface area contributed by atoms with E-state index < -0.39 is 0 Å². The van der Waals surface area contributed by atoms with Crippen LogP contribution >= 0.6 is 11.3 Å². The van der Waals surface area contributed by atoms with E-state index in [2.05, 4.69) is 10.7 Å². The van der Waals surface area contributed by atoms with Gasteiger partial charge in [-0.1, -0.05) is 0 Å². The molecule has 138 valence electrons. The molecule has 1 atom stereocenters. The molecule has 1 aliphatic rings. The zero-order chi connectivity index (χ0) is 18.4. The third-order valence-electron chi connectivity index (χ3n) is 4.34. The molecule has 2 aromatic heterocycles. The highest BCUT2D eigenvalue weighted by Gasteiger charge is 2.25. The van der Waals surface area contributed by atoms with Gasteiger partial charge in [0.05, 0.1) is 17.0 Å². The van der Waals surface area contributed by atoms with E-state index >= 15 is 0 Å². The summed E-state index contributed by atoms with van der Waals surface area (Å²) in [4.78, 5) is 29.9. The minimum absolute atomic E-state index is 0.00791. The zero-order valence-electron chi connectivity index (χ0n) is 14.8. The molecule has 1 N–H and O–H groups in total. The Morgan fingerprint density at radius 3 is 3.15 bits per heavy atom. The molecule has 3 rings (SSSR count). The van der Waals surface area contributed by atoms with Gasteiger partial charge in [-0.15, -0.1) is 11.3 Å². The normalized spacial score (nSPS) is 17.6. The summed E-state index contributed by atoms with van der Waals surface area (Å²) in [6.07, 6.45) is 7.62. The van der Waals surface area contributed by atoms with Crippen molar-refractivity contribution in [3.05, 3.63) is 46.3 Å². The maximum Gasteiger partial charge on any atom is 0.246 e. The van der Waals surface area contributed by atoms with E-state index in [9.17, 15) is 9.59 Å². The van der Waals surface area contributed by atoms with Gasteiger partial charge in [0.2, 0.25) is 11.8 Å². The van der Waals surface area contributed by atoms with Gasteiger partial charge in [0.1, 0.15) is 5.76 Å². The Morgan fingerprint density at radius 2 is 2.38 bits per heavy atom. The molecule has 1 saturated heterocycles. The van der Waals surface area contributed by atoms with Crippen LogP contribution in [0.5, 0.6) is 0 Å². The first-order valence-corrected chi connectivity index (χ1v) is 9.69. The predicted molar refractivity (Wildman–Crippen MR) is 101 cm³/mol. The number of carbonyl (C=O) groups is 2. The highest BCUT2D eigenvalue weighted by atomic mass is 32.1. The van der Waals surface area contributed by atoms with Crippen LogP contribution in [0.4, 0.5) is 0 Å². The molecule has 0 radical (unpaired) electrons. The Hall–Kier alpha value is -2.41. The lowest BCUT2D eigenvalue weighted by Gasteiger charge is -2.31. The average Bonchev–Trinajstić information content (AvgIpc) is 3.31. The Balaban J connectivity index is 1.55. The second-order valence-corrected chi connectivity index (χ2v) is 7.27. The molecule has 1 aliphatic heterocycles. The first-order valence-electron chi connectivity index (χ1n) is 8.81.